The van der Waals surface area contributed by atoms with Gasteiger partial charge in [-0.15, -0.1) is 0 Å². The van der Waals surface area contributed by atoms with Gasteiger partial charge < -0.3 is 20.2 Å². The van der Waals surface area contributed by atoms with E-state index in [4.69, 9.17) is 0 Å². The number of aliphatic carboxylic acids is 1. The minimum Gasteiger partial charge on any atom is -0.481 e. The number of urea groups is 1. The van der Waals surface area contributed by atoms with Crippen LogP contribution in [0.2, 0.25) is 0 Å². The summed E-state index contributed by atoms with van der Waals surface area (Å²) in [6, 6.07) is 9.01. The normalized spacial score (nSPS) is 19.0. The van der Waals surface area contributed by atoms with E-state index in [1.165, 1.54) is 0 Å². The molecule has 2 saturated heterocycles. The average molecular weight is 373 g/mol. The Morgan fingerprint density at radius 2 is 1.59 bits per heavy atom. The number of nitrogens with one attached hydrogen (secondary N) is 1. The van der Waals surface area contributed by atoms with Gasteiger partial charge in [-0.2, -0.15) is 0 Å². The minimum absolute atomic E-state index is 0.0745. The van der Waals surface area contributed by atoms with Crippen molar-refractivity contribution in [1.82, 2.24) is 15.1 Å². The van der Waals surface area contributed by atoms with E-state index in [0.29, 0.717) is 31.5 Å². The van der Waals surface area contributed by atoms with Gasteiger partial charge in [0.25, 0.3) is 0 Å². The number of benzene rings is 1. The summed E-state index contributed by atoms with van der Waals surface area (Å²) in [5.41, 5.74) is 0.677. The second kappa shape index (κ2) is 8.88. The molecule has 0 bridgehead atoms. The maximum Gasteiger partial charge on any atom is 0.319 e. The Morgan fingerprint density at radius 3 is 2.19 bits per heavy atom. The lowest BCUT2D eigenvalue weighted by Gasteiger charge is -2.34. The largest absolute Gasteiger partial charge is 0.481 e. The number of carbonyl (C=O) groups excluding carboxylic acids is 2. The molecular formula is C20H27N3O4. The maximum atomic E-state index is 12.5. The van der Waals surface area contributed by atoms with Gasteiger partial charge in [-0.25, -0.2) is 4.79 Å². The topological polar surface area (TPSA) is 90.0 Å². The van der Waals surface area contributed by atoms with Crippen LogP contribution in [0.5, 0.6) is 0 Å². The molecule has 1 unspecified atom stereocenters. The number of carboxylic acids is 1. The number of likely N-dealkylation sites (tertiary alicyclic amines) is 2. The van der Waals surface area contributed by atoms with Crippen molar-refractivity contribution in [2.45, 2.75) is 31.6 Å². The molecule has 0 aliphatic carbocycles. The van der Waals surface area contributed by atoms with E-state index in [9.17, 15) is 19.5 Å². The predicted octanol–water partition coefficient (Wildman–Crippen LogP) is 1.90. The number of amides is 3. The molecule has 7 heteroatoms. The molecule has 0 spiro atoms. The molecule has 2 heterocycles. The van der Waals surface area contributed by atoms with Crippen molar-refractivity contribution in [2.75, 3.05) is 32.7 Å². The van der Waals surface area contributed by atoms with Gasteiger partial charge in [0.2, 0.25) is 5.91 Å². The number of nitrogens with zero attached hydrogens (tertiary/aromatic N) is 2. The molecule has 0 saturated carbocycles. The molecule has 2 aliphatic rings. The van der Waals surface area contributed by atoms with Crippen LogP contribution in [-0.4, -0.2) is 65.5 Å². The molecule has 1 aromatic carbocycles. The molecular weight excluding hydrogens is 346 g/mol. The Morgan fingerprint density at radius 1 is 1.00 bits per heavy atom. The molecule has 2 aliphatic heterocycles. The summed E-state index contributed by atoms with van der Waals surface area (Å²) in [5.74, 6) is -2.00. The van der Waals surface area contributed by atoms with Crippen molar-refractivity contribution in [2.24, 2.45) is 5.92 Å². The van der Waals surface area contributed by atoms with E-state index in [1.54, 1.807) is 24.3 Å². The number of piperidine rings is 1. The Hall–Kier alpha value is -2.57. The highest BCUT2D eigenvalue weighted by molar-refractivity contribution is 5.82. The summed E-state index contributed by atoms with van der Waals surface area (Å²) >= 11 is 0. The summed E-state index contributed by atoms with van der Waals surface area (Å²) in [4.78, 5) is 40.1. The molecule has 1 atom stereocenters. The van der Waals surface area contributed by atoms with Crippen LogP contribution >= 0.6 is 0 Å². The molecule has 1 aromatic rings. The quantitative estimate of drug-likeness (QED) is 0.825. The van der Waals surface area contributed by atoms with E-state index in [2.05, 4.69) is 5.32 Å². The summed E-state index contributed by atoms with van der Waals surface area (Å²) in [5, 5.41) is 12.2. The average Bonchev–Trinajstić information content (AvgIpc) is 3.23. The zero-order valence-corrected chi connectivity index (χ0v) is 15.5. The lowest BCUT2D eigenvalue weighted by molar-refractivity contribution is -0.138. The first kappa shape index (κ1) is 19.2. The van der Waals surface area contributed by atoms with Crippen LogP contribution in [-0.2, 0) is 9.59 Å². The summed E-state index contributed by atoms with van der Waals surface area (Å²) in [7, 11) is 0. The highest BCUT2D eigenvalue weighted by Crippen LogP contribution is 2.21. The third kappa shape index (κ3) is 4.78. The number of hydrogen-bond acceptors (Lipinski definition) is 3. The van der Waals surface area contributed by atoms with E-state index >= 15 is 0 Å². The molecule has 27 heavy (non-hydrogen) atoms. The SMILES string of the molecule is O=C(NCC(C(=O)O)c1ccccc1)C1CCN(C(=O)N2CCCC2)CC1. The van der Waals surface area contributed by atoms with Gasteiger partial charge in [-0.1, -0.05) is 30.3 Å². The van der Waals surface area contributed by atoms with Crippen molar-refractivity contribution in [1.29, 1.82) is 0 Å². The Kier molecular flexibility index (Phi) is 6.32. The fourth-order valence-electron chi connectivity index (χ4n) is 3.82. The fraction of sp³-hybridized carbons (Fsp3) is 0.550. The lowest BCUT2D eigenvalue weighted by atomic mass is 9.95. The zero-order valence-electron chi connectivity index (χ0n) is 15.5. The molecule has 0 radical (unpaired) electrons. The first-order chi connectivity index (χ1) is 13.1. The number of hydrogen-bond donors (Lipinski definition) is 2. The van der Waals surface area contributed by atoms with Gasteiger partial charge in [-0.05, 0) is 31.2 Å². The van der Waals surface area contributed by atoms with Gasteiger partial charge in [0.1, 0.15) is 0 Å². The van der Waals surface area contributed by atoms with Gasteiger partial charge in [0, 0.05) is 38.6 Å². The standard InChI is InChI=1S/C20H27N3O4/c24-18(21-14-17(19(25)26)15-6-2-1-3-7-15)16-8-12-23(13-9-16)20(27)22-10-4-5-11-22/h1-3,6-7,16-17H,4-5,8-14H2,(H,21,24)(H,25,26). The van der Waals surface area contributed by atoms with Crippen LogP contribution in [0.4, 0.5) is 4.79 Å². The summed E-state index contributed by atoms with van der Waals surface area (Å²) in [6.45, 7) is 2.89. The van der Waals surface area contributed by atoms with E-state index in [0.717, 1.165) is 25.9 Å². The van der Waals surface area contributed by atoms with Crippen LogP contribution in [0.3, 0.4) is 0 Å². The first-order valence-electron chi connectivity index (χ1n) is 9.65. The zero-order chi connectivity index (χ0) is 19.2. The summed E-state index contributed by atoms with van der Waals surface area (Å²) in [6.07, 6.45) is 3.37. The maximum absolute atomic E-state index is 12.5. The second-order valence-corrected chi connectivity index (χ2v) is 7.28. The van der Waals surface area contributed by atoms with Crippen LogP contribution in [0, 0.1) is 5.92 Å². The van der Waals surface area contributed by atoms with E-state index in [-0.39, 0.29) is 24.4 Å². The first-order valence-corrected chi connectivity index (χ1v) is 9.65. The molecule has 7 nitrogen and oxygen atoms in total. The summed E-state index contributed by atoms with van der Waals surface area (Å²) < 4.78 is 0. The number of carboxylic acid groups (broad SMARTS) is 1. The third-order valence-corrected chi connectivity index (χ3v) is 5.49. The van der Waals surface area contributed by atoms with E-state index < -0.39 is 11.9 Å². The van der Waals surface area contributed by atoms with Crippen molar-refractivity contribution in [3.8, 4) is 0 Å². The molecule has 146 valence electrons. The van der Waals surface area contributed by atoms with Crippen molar-refractivity contribution in [3.05, 3.63) is 35.9 Å². The van der Waals surface area contributed by atoms with Gasteiger partial charge in [-0.3, -0.25) is 9.59 Å². The lowest BCUT2D eigenvalue weighted by Crippen LogP contribution is -2.48. The highest BCUT2D eigenvalue weighted by atomic mass is 16.4. The van der Waals surface area contributed by atoms with E-state index in [1.807, 2.05) is 15.9 Å². The minimum atomic E-state index is -0.951. The van der Waals surface area contributed by atoms with Crippen LogP contribution in [0.1, 0.15) is 37.2 Å². The number of rotatable bonds is 5. The van der Waals surface area contributed by atoms with Gasteiger partial charge >= 0.3 is 12.0 Å². The Balaban J connectivity index is 1.47. The smallest absolute Gasteiger partial charge is 0.319 e. The van der Waals surface area contributed by atoms with Gasteiger partial charge in [0.05, 0.1) is 5.92 Å². The molecule has 2 fully saturated rings. The number of carbonyl (C=O) groups is 3. The molecule has 2 N–H and O–H groups in total. The third-order valence-electron chi connectivity index (χ3n) is 5.49. The highest BCUT2D eigenvalue weighted by Gasteiger charge is 2.31. The Bertz CT molecular complexity index is 665. The van der Waals surface area contributed by atoms with Crippen LogP contribution < -0.4 is 5.32 Å². The van der Waals surface area contributed by atoms with Crippen LogP contribution in [0.25, 0.3) is 0 Å². The van der Waals surface area contributed by atoms with Crippen molar-refractivity contribution >= 4 is 17.9 Å². The molecule has 3 amide bonds. The van der Waals surface area contributed by atoms with Crippen LogP contribution in [0.15, 0.2) is 30.3 Å². The second-order valence-electron chi connectivity index (χ2n) is 7.28. The van der Waals surface area contributed by atoms with Crippen molar-refractivity contribution < 1.29 is 19.5 Å². The molecule has 0 aromatic heterocycles. The van der Waals surface area contributed by atoms with Gasteiger partial charge in [0.15, 0.2) is 0 Å². The monoisotopic (exact) mass is 373 g/mol. The fourth-order valence-corrected chi connectivity index (χ4v) is 3.82. The Labute approximate surface area is 159 Å². The van der Waals surface area contributed by atoms with Crippen molar-refractivity contribution in [3.63, 3.8) is 0 Å². The predicted molar refractivity (Wildman–Crippen MR) is 100 cm³/mol. The molecule has 3 rings (SSSR count).